The fourth-order valence-corrected chi connectivity index (χ4v) is 3.06. The first-order chi connectivity index (χ1) is 14.5. The highest BCUT2D eigenvalue weighted by atomic mass is 16.6. The molecular weight excluding hydrogens is 386 g/mol. The number of aromatic nitrogens is 1. The molecule has 0 radical (unpaired) electrons. The second kappa shape index (κ2) is 7.67. The second-order valence-corrected chi connectivity index (χ2v) is 6.61. The third-order valence-electron chi connectivity index (χ3n) is 4.67. The monoisotopic (exact) mass is 403 g/mol. The number of nitrogens with zero attached hydrogens (tertiary/aromatic N) is 2. The zero-order valence-corrected chi connectivity index (χ0v) is 16.2. The largest absolute Gasteiger partial charge is 0.497 e. The first kappa shape index (κ1) is 19.1. The van der Waals surface area contributed by atoms with Gasteiger partial charge in [-0.15, -0.1) is 0 Å². The number of benzene rings is 3. The van der Waals surface area contributed by atoms with Crippen molar-refractivity contribution < 1.29 is 18.9 Å². The van der Waals surface area contributed by atoms with Crippen molar-refractivity contribution in [1.29, 1.82) is 0 Å². The van der Waals surface area contributed by atoms with Crippen LogP contribution in [0, 0.1) is 17.0 Å². The number of fused-ring (bicyclic) bond motifs is 1. The third kappa shape index (κ3) is 3.58. The molecule has 0 fully saturated rings. The highest BCUT2D eigenvalue weighted by molar-refractivity contribution is 6.07. The Hall–Kier alpha value is -4.20. The minimum absolute atomic E-state index is 0.0127. The van der Waals surface area contributed by atoms with Crippen molar-refractivity contribution in [2.24, 2.45) is 0 Å². The van der Waals surface area contributed by atoms with E-state index in [4.69, 9.17) is 9.15 Å². The number of oxazole rings is 1. The van der Waals surface area contributed by atoms with Gasteiger partial charge in [0.05, 0.1) is 12.0 Å². The van der Waals surface area contributed by atoms with Crippen LogP contribution in [0.3, 0.4) is 0 Å². The Bertz CT molecular complexity index is 1280. The molecule has 0 saturated heterocycles. The van der Waals surface area contributed by atoms with Crippen molar-refractivity contribution in [1.82, 2.24) is 4.98 Å². The normalized spacial score (nSPS) is 10.7. The molecule has 1 N–H and O–H groups in total. The Morgan fingerprint density at radius 2 is 1.93 bits per heavy atom. The molecule has 8 heteroatoms. The van der Waals surface area contributed by atoms with E-state index in [9.17, 15) is 14.9 Å². The van der Waals surface area contributed by atoms with E-state index in [2.05, 4.69) is 10.3 Å². The van der Waals surface area contributed by atoms with E-state index in [1.54, 1.807) is 37.4 Å². The number of rotatable bonds is 5. The van der Waals surface area contributed by atoms with Crippen molar-refractivity contribution in [3.63, 3.8) is 0 Å². The van der Waals surface area contributed by atoms with E-state index in [1.165, 1.54) is 18.2 Å². The summed E-state index contributed by atoms with van der Waals surface area (Å²) in [6.07, 6.45) is 0. The number of aryl methyl sites for hydroxylation is 1. The second-order valence-electron chi connectivity index (χ2n) is 6.61. The lowest BCUT2D eigenvalue weighted by atomic mass is 10.1. The molecule has 0 bridgehead atoms. The summed E-state index contributed by atoms with van der Waals surface area (Å²) in [5.74, 6) is 0.493. The number of ether oxygens (including phenoxy) is 1. The van der Waals surface area contributed by atoms with Gasteiger partial charge in [-0.05, 0) is 42.8 Å². The van der Waals surface area contributed by atoms with Gasteiger partial charge in [-0.3, -0.25) is 14.9 Å². The van der Waals surface area contributed by atoms with Gasteiger partial charge < -0.3 is 14.5 Å². The predicted octanol–water partition coefficient (Wildman–Crippen LogP) is 4.97. The molecule has 30 heavy (non-hydrogen) atoms. The number of nitro groups is 1. The average Bonchev–Trinajstić information content (AvgIpc) is 3.18. The molecule has 1 heterocycles. The number of methoxy groups -OCH3 is 1. The molecule has 4 rings (SSSR count). The molecule has 0 saturated carbocycles. The van der Waals surface area contributed by atoms with Crippen LogP contribution in [-0.2, 0) is 0 Å². The summed E-state index contributed by atoms with van der Waals surface area (Å²) in [4.78, 5) is 27.8. The Kier molecular flexibility index (Phi) is 4.89. The van der Waals surface area contributed by atoms with Crippen molar-refractivity contribution in [2.75, 3.05) is 12.4 Å². The van der Waals surface area contributed by atoms with E-state index in [0.29, 0.717) is 34.0 Å². The number of hydrogen-bond acceptors (Lipinski definition) is 6. The van der Waals surface area contributed by atoms with Gasteiger partial charge in [0.15, 0.2) is 5.58 Å². The number of carbonyl (C=O) groups is 1. The Morgan fingerprint density at radius 3 is 2.70 bits per heavy atom. The van der Waals surface area contributed by atoms with Gasteiger partial charge in [0.2, 0.25) is 5.89 Å². The summed E-state index contributed by atoms with van der Waals surface area (Å²) in [5, 5.41) is 14.0. The van der Waals surface area contributed by atoms with Crippen LogP contribution in [0.2, 0.25) is 0 Å². The smallest absolute Gasteiger partial charge is 0.282 e. The van der Waals surface area contributed by atoms with Crippen molar-refractivity contribution in [3.05, 3.63) is 81.9 Å². The highest BCUT2D eigenvalue weighted by Gasteiger charge is 2.20. The van der Waals surface area contributed by atoms with Crippen LogP contribution in [0.25, 0.3) is 22.6 Å². The Balaban J connectivity index is 1.67. The maximum atomic E-state index is 12.7. The maximum Gasteiger partial charge on any atom is 0.282 e. The Morgan fingerprint density at radius 1 is 1.13 bits per heavy atom. The summed E-state index contributed by atoms with van der Waals surface area (Å²) in [6.45, 7) is 1.83. The fraction of sp³-hybridized carbons (Fsp3) is 0.0909. The van der Waals surface area contributed by atoms with E-state index < -0.39 is 10.8 Å². The number of hydrogen-bond donors (Lipinski definition) is 1. The predicted molar refractivity (Wildman–Crippen MR) is 112 cm³/mol. The first-order valence-electron chi connectivity index (χ1n) is 9.06. The molecule has 150 valence electrons. The van der Waals surface area contributed by atoms with Gasteiger partial charge in [0.1, 0.15) is 16.8 Å². The minimum atomic E-state index is -0.579. The van der Waals surface area contributed by atoms with E-state index in [1.807, 2.05) is 19.1 Å². The van der Waals surface area contributed by atoms with E-state index in [0.717, 1.165) is 5.56 Å². The van der Waals surface area contributed by atoms with Crippen LogP contribution in [0.1, 0.15) is 15.9 Å². The van der Waals surface area contributed by atoms with Crippen LogP contribution in [-0.4, -0.2) is 22.9 Å². The van der Waals surface area contributed by atoms with Crippen LogP contribution >= 0.6 is 0 Å². The lowest BCUT2D eigenvalue weighted by Gasteiger charge is -2.10. The molecular formula is C22H17N3O5. The fourth-order valence-electron chi connectivity index (χ4n) is 3.06. The number of nitro benzene ring substituents is 1. The SMILES string of the molecule is COc1ccc2oc(-c3ccc(C)c(NC(=O)c4ccccc4[N+](=O)[O-])c3)nc2c1. The van der Waals surface area contributed by atoms with Gasteiger partial charge >= 0.3 is 0 Å². The maximum absolute atomic E-state index is 12.7. The van der Waals surface area contributed by atoms with Gasteiger partial charge in [-0.1, -0.05) is 18.2 Å². The Labute approximate surface area is 171 Å². The average molecular weight is 403 g/mol. The lowest BCUT2D eigenvalue weighted by Crippen LogP contribution is -2.14. The summed E-state index contributed by atoms with van der Waals surface area (Å²) < 4.78 is 11.0. The molecule has 0 spiro atoms. The van der Waals surface area contributed by atoms with E-state index in [-0.39, 0.29) is 11.3 Å². The summed E-state index contributed by atoms with van der Waals surface area (Å²) in [5.41, 5.74) is 2.96. The number of carbonyl (C=O) groups excluding carboxylic acids is 1. The molecule has 8 nitrogen and oxygen atoms in total. The molecule has 0 atom stereocenters. The van der Waals surface area contributed by atoms with Crippen molar-refractivity contribution >= 4 is 28.4 Å². The number of anilines is 1. The van der Waals surface area contributed by atoms with Gasteiger partial charge in [-0.2, -0.15) is 0 Å². The van der Waals surface area contributed by atoms with Crippen molar-refractivity contribution in [3.8, 4) is 17.2 Å². The number of amides is 1. The minimum Gasteiger partial charge on any atom is -0.497 e. The van der Waals surface area contributed by atoms with Crippen molar-refractivity contribution in [2.45, 2.75) is 6.92 Å². The summed E-state index contributed by atoms with van der Waals surface area (Å²) >= 11 is 0. The van der Waals surface area contributed by atoms with Gasteiger partial charge in [0, 0.05) is 23.4 Å². The zero-order valence-electron chi connectivity index (χ0n) is 16.2. The quantitative estimate of drug-likeness (QED) is 0.372. The highest BCUT2D eigenvalue weighted by Crippen LogP contribution is 2.30. The molecule has 0 aliphatic heterocycles. The standard InChI is InChI=1S/C22H17N3O5/c1-13-7-8-14(22-24-18-12-15(29-2)9-10-20(18)30-22)11-17(13)23-21(26)16-5-3-4-6-19(16)25(27)28/h3-12H,1-2H3,(H,23,26). The topological polar surface area (TPSA) is 108 Å². The summed E-state index contributed by atoms with van der Waals surface area (Å²) in [6, 6.07) is 16.5. The molecule has 1 amide bonds. The first-order valence-corrected chi connectivity index (χ1v) is 9.06. The van der Waals surface area contributed by atoms with E-state index >= 15 is 0 Å². The number of para-hydroxylation sites is 1. The third-order valence-corrected chi connectivity index (χ3v) is 4.67. The van der Waals surface area contributed by atoms with Gasteiger partial charge in [-0.25, -0.2) is 4.98 Å². The molecule has 0 aliphatic rings. The summed E-state index contributed by atoms with van der Waals surface area (Å²) in [7, 11) is 1.58. The molecule has 0 aliphatic carbocycles. The van der Waals surface area contributed by atoms with Gasteiger partial charge in [0.25, 0.3) is 11.6 Å². The number of nitrogens with one attached hydrogen (secondary N) is 1. The molecule has 1 aromatic heterocycles. The molecule has 0 unspecified atom stereocenters. The molecule has 4 aromatic rings. The van der Waals surface area contributed by atoms with Crippen LogP contribution in [0.4, 0.5) is 11.4 Å². The van der Waals surface area contributed by atoms with Crippen LogP contribution in [0.15, 0.2) is 65.1 Å². The van der Waals surface area contributed by atoms with Crippen LogP contribution < -0.4 is 10.1 Å². The zero-order chi connectivity index (χ0) is 21.3. The lowest BCUT2D eigenvalue weighted by molar-refractivity contribution is -0.385. The molecule has 3 aromatic carbocycles. The van der Waals surface area contributed by atoms with Crippen LogP contribution in [0.5, 0.6) is 5.75 Å².